The molecule has 6 nitrogen and oxygen atoms in total. The number of ether oxygens (including phenoxy) is 1. The molecule has 23 heavy (non-hydrogen) atoms. The Morgan fingerprint density at radius 2 is 1.87 bits per heavy atom. The number of carbonyl (C=O) groups excluding carboxylic acids is 2. The molecular formula is C17H31N3O3. The molecule has 0 aromatic rings. The number of amides is 2. The second-order valence-corrected chi connectivity index (χ2v) is 7.59. The van der Waals surface area contributed by atoms with Crippen LogP contribution < -0.4 is 5.32 Å². The minimum absolute atomic E-state index is 0.0697. The fraction of sp³-hybridized carbons (Fsp3) is 0.882. The molecule has 0 radical (unpaired) electrons. The van der Waals surface area contributed by atoms with Crippen LogP contribution in [-0.2, 0) is 14.3 Å². The predicted molar refractivity (Wildman–Crippen MR) is 89.0 cm³/mol. The number of nitrogens with one attached hydrogen (secondary N) is 1. The minimum atomic E-state index is -0.380. The third-order valence-electron chi connectivity index (χ3n) is 4.55. The zero-order valence-electron chi connectivity index (χ0n) is 14.8. The lowest BCUT2D eigenvalue weighted by Gasteiger charge is -2.36. The quantitative estimate of drug-likeness (QED) is 0.827. The van der Waals surface area contributed by atoms with Crippen LogP contribution in [0.15, 0.2) is 0 Å². The van der Waals surface area contributed by atoms with Gasteiger partial charge in [0.1, 0.15) is 0 Å². The van der Waals surface area contributed by atoms with Gasteiger partial charge in [0.15, 0.2) is 0 Å². The fourth-order valence-electron chi connectivity index (χ4n) is 3.16. The number of morpholine rings is 1. The van der Waals surface area contributed by atoms with Crippen LogP contribution in [0.1, 0.15) is 33.6 Å². The van der Waals surface area contributed by atoms with Gasteiger partial charge < -0.3 is 15.0 Å². The van der Waals surface area contributed by atoms with Crippen LogP contribution >= 0.6 is 0 Å². The van der Waals surface area contributed by atoms with Gasteiger partial charge in [-0.2, -0.15) is 0 Å². The van der Waals surface area contributed by atoms with Crippen molar-refractivity contribution in [1.29, 1.82) is 0 Å². The van der Waals surface area contributed by atoms with E-state index in [-0.39, 0.29) is 23.1 Å². The zero-order valence-corrected chi connectivity index (χ0v) is 14.8. The average Bonchev–Trinajstić information content (AvgIpc) is 2.54. The maximum absolute atomic E-state index is 12.4. The summed E-state index contributed by atoms with van der Waals surface area (Å²) in [5, 5.41) is 3.04. The van der Waals surface area contributed by atoms with E-state index in [2.05, 4.69) is 10.2 Å². The van der Waals surface area contributed by atoms with Crippen molar-refractivity contribution in [1.82, 2.24) is 15.1 Å². The molecule has 2 rings (SSSR count). The van der Waals surface area contributed by atoms with Crippen LogP contribution in [0, 0.1) is 11.3 Å². The van der Waals surface area contributed by atoms with Gasteiger partial charge in [-0.05, 0) is 12.8 Å². The third-order valence-corrected chi connectivity index (χ3v) is 4.55. The summed E-state index contributed by atoms with van der Waals surface area (Å²) in [6.45, 7) is 12.1. The van der Waals surface area contributed by atoms with Crippen molar-refractivity contribution < 1.29 is 14.3 Å². The normalized spacial score (nSPS) is 23.6. The van der Waals surface area contributed by atoms with E-state index >= 15 is 0 Å². The lowest BCUT2D eigenvalue weighted by atomic mass is 9.91. The number of carbonyl (C=O) groups is 2. The molecule has 2 aliphatic rings. The van der Waals surface area contributed by atoms with Gasteiger partial charge >= 0.3 is 0 Å². The number of nitrogens with zero attached hydrogens (tertiary/aromatic N) is 2. The van der Waals surface area contributed by atoms with Crippen molar-refractivity contribution >= 4 is 11.8 Å². The van der Waals surface area contributed by atoms with E-state index in [9.17, 15) is 9.59 Å². The van der Waals surface area contributed by atoms with E-state index in [1.807, 2.05) is 25.7 Å². The van der Waals surface area contributed by atoms with Gasteiger partial charge in [-0.1, -0.05) is 20.8 Å². The van der Waals surface area contributed by atoms with Crippen LogP contribution in [0.3, 0.4) is 0 Å². The smallest absolute Gasteiger partial charge is 0.227 e. The second-order valence-electron chi connectivity index (χ2n) is 7.59. The average molecular weight is 325 g/mol. The molecule has 0 aromatic heterocycles. The standard InChI is InChI=1S/C17H31N3O3/c1-17(2,3)16(22)20-7-4-5-14(13-20)15(21)18-6-8-19-9-11-23-12-10-19/h14H,4-13H2,1-3H3,(H,18,21). The first-order valence-corrected chi connectivity index (χ1v) is 8.75. The summed E-state index contributed by atoms with van der Waals surface area (Å²) in [5.74, 6) is 0.160. The van der Waals surface area contributed by atoms with Crippen molar-refractivity contribution in [2.75, 3.05) is 52.5 Å². The maximum atomic E-state index is 12.4. The molecule has 0 saturated carbocycles. The summed E-state index contributed by atoms with van der Waals surface area (Å²) in [4.78, 5) is 28.9. The van der Waals surface area contributed by atoms with E-state index < -0.39 is 0 Å². The highest BCUT2D eigenvalue weighted by atomic mass is 16.5. The number of hydrogen-bond donors (Lipinski definition) is 1. The molecule has 2 heterocycles. The summed E-state index contributed by atoms with van der Waals surface area (Å²) >= 11 is 0. The van der Waals surface area contributed by atoms with Crippen molar-refractivity contribution in [2.24, 2.45) is 11.3 Å². The largest absolute Gasteiger partial charge is 0.379 e. The Balaban J connectivity index is 1.74. The van der Waals surface area contributed by atoms with E-state index in [1.165, 1.54) is 0 Å². The van der Waals surface area contributed by atoms with Crippen molar-refractivity contribution in [2.45, 2.75) is 33.6 Å². The summed E-state index contributed by atoms with van der Waals surface area (Å²) < 4.78 is 5.32. The molecule has 2 saturated heterocycles. The summed E-state index contributed by atoms with van der Waals surface area (Å²) in [6.07, 6.45) is 1.78. The van der Waals surface area contributed by atoms with Crippen LogP contribution in [-0.4, -0.2) is 74.1 Å². The van der Waals surface area contributed by atoms with Gasteiger partial charge in [-0.25, -0.2) is 0 Å². The SMILES string of the molecule is CC(C)(C)C(=O)N1CCCC(C(=O)NCCN2CCOCC2)C1. The minimum Gasteiger partial charge on any atom is -0.379 e. The number of rotatable bonds is 4. The van der Waals surface area contributed by atoms with Crippen LogP contribution in [0.5, 0.6) is 0 Å². The van der Waals surface area contributed by atoms with Crippen LogP contribution in [0.4, 0.5) is 0 Å². The third kappa shape index (κ3) is 5.46. The molecule has 0 spiro atoms. The fourth-order valence-corrected chi connectivity index (χ4v) is 3.16. The Morgan fingerprint density at radius 1 is 1.17 bits per heavy atom. The molecule has 0 aromatic carbocycles. The van der Waals surface area contributed by atoms with E-state index in [1.54, 1.807) is 0 Å². The van der Waals surface area contributed by atoms with Crippen molar-refractivity contribution in [3.05, 3.63) is 0 Å². The number of likely N-dealkylation sites (tertiary alicyclic amines) is 1. The van der Waals surface area contributed by atoms with Gasteiger partial charge in [-0.15, -0.1) is 0 Å². The Morgan fingerprint density at radius 3 is 2.52 bits per heavy atom. The van der Waals surface area contributed by atoms with Crippen LogP contribution in [0.25, 0.3) is 0 Å². The number of hydrogen-bond acceptors (Lipinski definition) is 4. The van der Waals surface area contributed by atoms with Crippen LogP contribution in [0.2, 0.25) is 0 Å². The van der Waals surface area contributed by atoms with E-state index in [4.69, 9.17) is 4.74 Å². The molecule has 2 aliphatic heterocycles. The van der Waals surface area contributed by atoms with Crippen molar-refractivity contribution in [3.63, 3.8) is 0 Å². The first-order chi connectivity index (χ1) is 10.9. The Bertz CT molecular complexity index is 414. The monoisotopic (exact) mass is 325 g/mol. The second kappa shape index (κ2) is 8.11. The van der Waals surface area contributed by atoms with Gasteiger partial charge in [0.25, 0.3) is 0 Å². The van der Waals surface area contributed by atoms with E-state index in [0.717, 1.165) is 52.2 Å². The summed E-state index contributed by atoms with van der Waals surface area (Å²) in [5.41, 5.74) is -0.380. The predicted octanol–water partition coefficient (Wildman–Crippen LogP) is 0.720. The molecule has 132 valence electrons. The lowest BCUT2D eigenvalue weighted by molar-refractivity contribution is -0.142. The molecular weight excluding hydrogens is 294 g/mol. The molecule has 6 heteroatoms. The summed E-state index contributed by atoms with van der Waals surface area (Å²) in [7, 11) is 0. The highest BCUT2D eigenvalue weighted by molar-refractivity contribution is 5.83. The molecule has 0 bridgehead atoms. The Kier molecular flexibility index (Phi) is 6.41. The van der Waals surface area contributed by atoms with Gasteiger partial charge in [0.2, 0.25) is 11.8 Å². The molecule has 0 aliphatic carbocycles. The molecule has 1 unspecified atom stereocenters. The molecule has 1 N–H and O–H groups in total. The summed E-state index contributed by atoms with van der Waals surface area (Å²) in [6, 6.07) is 0. The van der Waals surface area contributed by atoms with E-state index in [0.29, 0.717) is 13.1 Å². The topological polar surface area (TPSA) is 61.9 Å². The lowest BCUT2D eigenvalue weighted by Crippen LogP contribution is -2.49. The Labute approximate surface area is 139 Å². The highest BCUT2D eigenvalue weighted by Crippen LogP contribution is 2.23. The first kappa shape index (κ1) is 18.2. The van der Waals surface area contributed by atoms with Gasteiger partial charge in [-0.3, -0.25) is 14.5 Å². The molecule has 1 atom stereocenters. The zero-order chi connectivity index (χ0) is 16.9. The Hall–Kier alpha value is -1.14. The first-order valence-electron chi connectivity index (χ1n) is 8.75. The highest BCUT2D eigenvalue weighted by Gasteiger charge is 2.33. The van der Waals surface area contributed by atoms with Crippen molar-refractivity contribution in [3.8, 4) is 0 Å². The van der Waals surface area contributed by atoms with Gasteiger partial charge in [0.05, 0.1) is 19.1 Å². The molecule has 2 amide bonds. The molecule has 2 fully saturated rings. The maximum Gasteiger partial charge on any atom is 0.227 e. The number of piperidine rings is 1. The van der Waals surface area contributed by atoms with Gasteiger partial charge in [0, 0.05) is 44.7 Å².